The maximum atomic E-state index is 9.60. The van der Waals surface area contributed by atoms with Gasteiger partial charge in [0.1, 0.15) is 0 Å². The molecule has 0 spiro atoms. The molecule has 0 aromatic rings. The largest absolute Gasteiger partial charge is 0.478 e. The summed E-state index contributed by atoms with van der Waals surface area (Å²) in [6, 6.07) is 0. The summed E-state index contributed by atoms with van der Waals surface area (Å²) in [5.41, 5.74) is 0.812. The van der Waals surface area contributed by atoms with E-state index in [1.165, 1.54) is 193 Å². The Hall–Kier alpha value is -0.790. The van der Waals surface area contributed by atoms with Gasteiger partial charge in [0.2, 0.25) is 0 Å². The Bertz CT molecular complexity index is 411. The van der Waals surface area contributed by atoms with Crippen molar-refractivity contribution in [1.29, 1.82) is 0 Å². The molecule has 3 fully saturated rings. The Kier molecular flexibility index (Phi) is 27.2. The van der Waals surface area contributed by atoms with Crippen LogP contribution in [0.2, 0.25) is 0 Å². The van der Waals surface area contributed by atoms with E-state index in [-0.39, 0.29) is 5.57 Å². The maximum absolute atomic E-state index is 9.60. The van der Waals surface area contributed by atoms with E-state index in [0.29, 0.717) is 5.41 Å². The van der Waals surface area contributed by atoms with Gasteiger partial charge < -0.3 is 5.11 Å². The molecule has 0 unspecified atom stereocenters. The lowest BCUT2D eigenvalue weighted by atomic mass is 9.81. The smallest absolute Gasteiger partial charge is 0.330 e. The third-order valence-electron chi connectivity index (χ3n) is 8.57. The van der Waals surface area contributed by atoms with Crippen molar-refractivity contribution in [2.45, 2.75) is 207 Å². The van der Waals surface area contributed by atoms with E-state index in [2.05, 4.69) is 20.4 Å². The highest BCUT2D eigenvalue weighted by molar-refractivity contribution is 5.84. The van der Waals surface area contributed by atoms with E-state index in [0.717, 1.165) is 0 Å². The van der Waals surface area contributed by atoms with Gasteiger partial charge in [0.15, 0.2) is 0 Å². The fourth-order valence-electron chi connectivity index (χ4n) is 5.75. The number of hydrogen-bond donors (Lipinski definition) is 1. The minimum Gasteiger partial charge on any atom is -0.478 e. The maximum Gasteiger partial charge on any atom is 0.330 e. The van der Waals surface area contributed by atoms with E-state index in [1.54, 1.807) is 0 Å². The number of carboxylic acid groups (broad SMARTS) is 1. The highest BCUT2D eigenvalue weighted by Gasteiger charge is 2.17. The first kappa shape index (κ1) is 37.2. The number of carbonyl (C=O) groups is 1. The van der Waals surface area contributed by atoms with Crippen molar-refractivity contribution in [2.75, 3.05) is 0 Å². The van der Waals surface area contributed by atoms with Crippen molar-refractivity contribution in [2.24, 2.45) is 5.41 Å². The van der Waals surface area contributed by atoms with Crippen LogP contribution in [-0.4, -0.2) is 11.1 Å². The number of rotatable bonds is 1. The highest BCUT2D eigenvalue weighted by Crippen LogP contribution is 2.31. The van der Waals surface area contributed by atoms with Crippen LogP contribution in [0.1, 0.15) is 207 Å². The summed E-state index contributed by atoms with van der Waals surface area (Å²) in [5, 5.41) is 7.89. The second-order valence-corrected chi connectivity index (χ2v) is 13.3. The van der Waals surface area contributed by atoms with Crippen LogP contribution in [0.15, 0.2) is 12.2 Å². The molecule has 38 heavy (non-hydrogen) atoms. The second kappa shape index (κ2) is 27.8. The molecule has 0 bridgehead atoms. The van der Waals surface area contributed by atoms with Crippen LogP contribution < -0.4 is 0 Å². The molecular weight excluding hydrogens is 464 g/mol. The van der Waals surface area contributed by atoms with Crippen molar-refractivity contribution in [1.82, 2.24) is 0 Å². The summed E-state index contributed by atoms with van der Waals surface area (Å²) in [7, 11) is 0. The summed E-state index contributed by atoms with van der Waals surface area (Å²) in [5.74, 6) is -0.935. The molecule has 3 aliphatic rings. The molecular formula is C36H70O2. The highest BCUT2D eigenvalue weighted by atomic mass is 16.4. The Morgan fingerprint density at radius 3 is 0.711 bits per heavy atom. The SMILES string of the molecule is C1CCCCCCCCC1.C1CCCCCCCCC1.C=C(C)C(=O)O.CC1(C)CCCCCCCCC1. The van der Waals surface area contributed by atoms with Gasteiger partial charge in [0, 0.05) is 5.57 Å². The molecule has 0 aliphatic heterocycles. The lowest BCUT2D eigenvalue weighted by molar-refractivity contribution is -0.132. The fraction of sp³-hybridized carbons (Fsp3) is 0.917. The first-order chi connectivity index (χ1) is 18.3. The predicted molar refractivity (Wildman–Crippen MR) is 170 cm³/mol. The first-order valence-corrected chi connectivity index (χ1v) is 17.2. The lowest BCUT2D eigenvalue weighted by Gasteiger charge is -2.25. The Morgan fingerprint density at radius 2 is 0.579 bits per heavy atom. The lowest BCUT2D eigenvalue weighted by Crippen LogP contribution is -2.11. The minimum absolute atomic E-state index is 0.176. The van der Waals surface area contributed by atoms with E-state index in [1.807, 2.05) is 0 Å². The van der Waals surface area contributed by atoms with Crippen LogP contribution in [0.25, 0.3) is 0 Å². The van der Waals surface area contributed by atoms with Gasteiger partial charge in [-0.25, -0.2) is 4.79 Å². The van der Waals surface area contributed by atoms with Crippen LogP contribution in [0.4, 0.5) is 0 Å². The standard InChI is InChI=1S/C12H24.2C10H20.C4H6O2/c1-12(2)10-8-6-4-3-5-7-9-11-12;2*1-2-4-6-8-10-9-7-5-3-1;1-3(2)4(5)6/h3-11H2,1-2H3;2*1-10H2;1H2,2H3,(H,5,6). The topological polar surface area (TPSA) is 37.3 Å². The van der Waals surface area contributed by atoms with Gasteiger partial charge in [-0.3, -0.25) is 0 Å². The van der Waals surface area contributed by atoms with E-state index in [9.17, 15) is 4.79 Å². The van der Waals surface area contributed by atoms with Crippen LogP contribution in [0, 0.1) is 5.41 Å². The average molecular weight is 535 g/mol. The monoisotopic (exact) mass is 535 g/mol. The zero-order chi connectivity index (χ0) is 28.2. The van der Waals surface area contributed by atoms with E-state index >= 15 is 0 Å². The molecule has 0 aromatic heterocycles. The molecule has 3 aliphatic carbocycles. The third kappa shape index (κ3) is 29.8. The quantitative estimate of drug-likeness (QED) is 0.340. The molecule has 226 valence electrons. The van der Waals surface area contributed by atoms with Gasteiger partial charge in [-0.15, -0.1) is 0 Å². The summed E-state index contributed by atoms with van der Waals surface area (Å²) in [6.07, 6.45) is 43.2. The number of aliphatic carboxylic acids is 1. The van der Waals surface area contributed by atoms with E-state index < -0.39 is 5.97 Å². The summed E-state index contributed by atoms with van der Waals surface area (Å²) >= 11 is 0. The van der Waals surface area contributed by atoms with Gasteiger partial charge >= 0.3 is 5.97 Å². The Balaban J connectivity index is 0.000000493. The molecule has 0 atom stereocenters. The van der Waals surface area contributed by atoms with Gasteiger partial charge in [-0.05, 0) is 25.2 Å². The molecule has 1 N–H and O–H groups in total. The van der Waals surface area contributed by atoms with Crippen molar-refractivity contribution < 1.29 is 9.90 Å². The molecule has 0 radical (unpaired) electrons. The predicted octanol–water partition coefficient (Wildman–Crippen LogP) is 13.0. The van der Waals surface area contributed by atoms with Crippen LogP contribution in [-0.2, 0) is 4.79 Å². The van der Waals surface area contributed by atoms with Crippen LogP contribution >= 0.6 is 0 Å². The molecule has 2 heteroatoms. The van der Waals surface area contributed by atoms with Gasteiger partial charge in [0.25, 0.3) is 0 Å². The molecule has 0 aromatic carbocycles. The first-order valence-electron chi connectivity index (χ1n) is 17.2. The average Bonchev–Trinajstić information content (AvgIpc) is 2.91. The minimum atomic E-state index is -0.935. The Labute approximate surface area is 240 Å². The third-order valence-corrected chi connectivity index (χ3v) is 8.57. The van der Waals surface area contributed by atoms with Crippen LogP contribution in [0.3, 0.4) is 0 Å². The summed E-state index contributed by atoms with van der Waals surface area (Å²) < 4.78 is 0. The van der Waals surface area contributed by atoms with Gasteiger partial charge in [-0.1, -0.05) is 194 Å². The fourth-order valence-corrected chi connectivity index (χ4v) is 5.75. The normalized spacial score (nSPS) is 22.2. The Morgan fingerprint density at radius 1 is 0.447 bits per heavy atom. The van der Waals surface area contributed by atoms with Crippen molar-refractivity contribution in [3.8, 4) is 0 Å². The van der Waals surface area contributed by atoms with E-state index in [4.69, 9.17) is 5.11 Å². The molecule has 0 amide bonds. The van der Waals surface area contributed by atoms with Crippen molar-refractivity contribution >= 4 is 5.97 Å². The molecule has 3 rings (SSSR count). The molecule has 0 heterocycles. The number of hydrogen-bond acceptors (Lipinski definition) is 1. The zero-order valence-electron chi connectivity index (χ0n) is 26.6. The zero-order valence-corrected chi connectivity index (χ0v) is 26.6. The van der Waals surface area contributed by atoms with Gasteiger partial charge in [0.05, 0.1) is 0 Å². The summed E-state index contributed by atoms with van der Waals surface area (Å²) in [6.45, 7) is 9.48. The van der Waals surface area contributed by atoms with Gasteiger partial charge in [-0.2, -0.15) is 0 Å². The van der Waals surface area contributed by atoms with Crippen molar-refractivity contribution in [3.63, 3.8) is 0 Å². The molecule has 0 saturated heterocycles. The second-order valence-electron chi connectivity index (χ2n) is 13.3. The molecule has 3 saturated carbocycles. The van der Waals surface area contributed by atoms with Crippen molar-refractivity contribution in [3.05, 3.63) is 12.2 Å². The molecule has 2 nitrogen and oxygen atoms in total. The number of carboxylic acids is 1. The van der Waals surface area contributed by atoms with Crippen LogP contribution in [0.5, 0.6) is 0 Å². The summed E-state index contributed by atoms with van der Waals surface area (Å²) in [4.78, 5) is 9.60.